The zero-order valence-electron chi connectivity index (χ0n) is 20.4. The van der Waals surface area contributed by atoms with Crippen LogP contribution in [0.15, 0.2) is 60.8 Å². The first-order valence-electron chi connectivity index (χ1n) is 12.0. The van der Waals surface area contributed by atoms with Crippen LogP contribution in [0.4, 0.5) is 17.2 Å². The largest absolute Gasteiger partial charge is 0.398 e. The molecule has 2 aromatic heterocycles. The van der Waals surface area contributed by atoms with Gasteiger partial charge in [0.2, 0.25) is 5.91 Å². The van der Waals surface area contributed by atoms with Gasteiger partial charge in [0.15, 0.2) is 5.65 Å². The van der Waals surface area contributed by atoms with Crippen LogP contribution in [0, 0.1) is 0 Å². The smallest absolute Gasteiger partial charge is 0.255 e. The number of nitrogens with one attached hydrogen (secondary N) is 2. The molecule has 36 heavy (non-hydrogen) atoms. The summed E-state index contributed by atoms with van der Waals surface area (Å²) in [7, 11) is 1.99. The summed E-state index contributed by atoms with van der Waals surface area (Å²) in [6, 6.07) is 17.0. The van der Waals surface area contributed by atoms with Gasteiger partial charge in [-0.05, 0) is 36.5 Å². The van der Waals surface area contributed by atoms with E-state index < -0.39 is 0 Å². The molecule has 2 amide bonds. The second-order valence-corrected chi connectivity index (χ2v) is 9.11. The van der Waals surface area contributed by atoms with Crippen LogP contribution in [-0.4, -0.2) is 58.3 Å². The first-order chi connectivity index (χ1) is 17.4. The molecule has 0 saturated carbocycles. The van der Waals surface area contributed by atoms with E-state index in [1.807, 2.05) is 59.7 Å². The molecule has 182 valence electrons. The van der Waals surface area contributed by atoms with Crippen molar-refractivity contribution in [2.45, 2.75) is 25.8 Å². The van der Waals surface area contributed by atoms with Crippen molar-refractivity contribution < 1.29 is 9.59 Å². The predicted octanol–water partition coefficient (Wildman–Crippen LogP) is 1.91. The van der Waals surface area contributed by atoms with Crippen LogP contribution in [-0.2, 0) is 4.79 Å². The average molecular weight is 481 g/mol. The summed E-state index contributed by atoms with van der Waals surface area (Å²) in [4.78, 5) is 31.4. The van der Waals surface area contributed by atoms with Crippen molar-refractivity contribution in [2.24, 2.45) is 0 Å². The third kappa shape index (κ3) is 4.62. The van der Waals surface area contributed by atoms with Crippen LogP contribution in [0.5, 0.6) is 0 Å². The minimum atomic E-state index is -0.202. The highest BCUT2D eigenvalue weighted by Crippen LogP contribution is 2.28. The van der Waals surface area contributed by atoms with E-state index in [1.54, 1.807) is 18.3 Å². The zero-order valence-corrected chi connectivity index (χ0v) is 20.4. The number of hydrogen-bond donors (Lipinski definition) is 3. The number of aromatic nitrogens is 3. The maximum Gasteiger partial charge on any atom is 0.255 e. The first-order valence-corrected chi connectivity index (χ1v) is 12.0. The summed E-state index contributed by atoms with van der Waals surface area (Å²) in [6.45, 7) is 2.65. The number of anilines is 3. The Balaban J connectivity index is 1.34. The van der Waals surface area contributed by atoms with Crippen molar-refractivity contribution in [1.29, 1.82) is 0 Å². The molecule has 10 heteroatoms. The molecule has 2 aromatic carbocycles. The second kappa shape index (κ2) is 9.73. The van der Waals surface area contributed by atoms with Gasteiger partial charge in [0.05, 0.1) is 16.9 Å². The number of fused-ring (bicyclic) bond motifs is 1. The van der Waals surface area contributed by atoms with Crippen LogP contribution in [0.2, 0.25) is 0 Å². The lowest BCUT2D eigenvalue weighted by Crippen LogP contribution is -2.42. The number of nitrogens with zero attached hydrogens (tertiary/aromatic N) is 4. The number of carbonyl (C=O) groups is 2. The fourth-order valence-electron chi connectivity index (χ4n) is 4.62. The van der Waals surface area contributed by atoms with Crippen molar-refractivity contribution in [3.05, 3.63) is 66.4 Å². The summed E-state index contributed by atoms with van der Waals surface area (Å²) >= 11 is 0. The van der Waals surface area contributed by atoms with Crippen molar-refractivity contribution >= 4 is 48.0 Å². The van der Waals surface area contributed by atoms with E-state index in [-0.39, 0.29) is 17.9 Å². The standard InChI is InChI=1S/C26H28BN7O2/c1-16(35)30-22-9-5-3-7-19(22)26(36)33-12-10-17(11-13-33)31-24-14-23(18-6-2-4-8-21(18)28)32-25-20(27)15-29-34(24)25/h2-9,14-15,17,31H,10-13,27-28H2,1H3,(H,30,35). The quantitative estimate of drug-likeness (QED) is 0.296. The zero-order chi connectivity index (χ0) is 25.2. The van der Waals surface area contributed by atoms with Gasteiger partial charge in [-0.15, -0.1) is 0 Å². The highest BCUT2D eigenvalue weighted by atomic mass is 16.2. The van der Waals surface area contributed by atoms with Crippen molar-refractivity contribution in [3.8, 4) is 11.3 Å². The fraction of sp³-hybridized carbons (Fsp3) is 0.231. The number of nitrogens with two attached hydrogens (primary N) is 1. The van der Waals surface area contributed by atoms with Crippen molar-refractivity contribution in [3.63, 3.8) is 0 Å². The predicted molar refractivity (Wildman–Crippen MR) is 144 cm³/mol. The molecule has 0 atom stereocenters. The number of likely N-dealkylation sites (tertiary alicyclic amines) is 1. The van der Waals surface area contributed by atoms with Gasteiger partial charge < -0.3 is 21.3 Å². The Morgan fingerprint density at radius 3 is 2.56 bits per heavy atom. The normalized spacial score (nSPS) is 14.1. The van der Waals surface area contributed by atoms with E-state index >= 15 is 0 Å². The Morgan fingerprint density at radius 2 is 1.81 bits per heavy atom. The summed E-state index contributed by atoms with van der Waals surface area (Å²) in [5.74, 6) is 0.563. The third-order valence-electron chi connectivity index (χ3n) is 6.49. The molecule has 4 aromatic rings. The van der Waals surface area contributed by atoms with Gasteiger partial charge in [0.25, 0.3) is 5.91 Å². The molecule has 0 aliphatic carbocycles. The molecule has 1 saturated heterocycles. The number of carbonyl (C=O) groups excluding carboxylic acids is 2. The lowest BCUT2D eigenvalue weighted by molar-refractivity contribution is -0.114. The van der Waals surface area contributed by atoms with E-state index in [0.29, 0.717) is 30.0 Å². The van der Waals surface area contributed by atoms with E-state index in [0.717, 1.165) is 41.0 Å². The average Bonchev–Trinajstić information content (AvgIpc) is 3.25. The van der Waals surface area contributed by atoms with Gasteiger partial charge in [0, 0.05) is 49.6 Å². The molecule has 0 spiro atoms. The molecule has 0 radical (unpaired) electrons. The fourth-order valence-corrected chi connectivity index (χ4v) is 4.62. The van der Waals surface area contributed by atoms with Gasteiger partial charge in [-0.1, -0.05) is 30.3 Å². The van der Waals surface area contributed by atoms with Crippen molar-refractivity contribution in [2.75, 3.05) is 29.5 Å². The van der Waals surface area contributed by atoms with E-state index in [2.05, 4.69) is 15.7 Å². The number of hydrogen-bond acceptors (Lipinski definition) is 6. The van der Waals surface area contributed by atoms with Gasteiger partial charge in [-0.2, -0.15) is 9.61 Å². The minimum Gasteiger partial charge on any atom is -0.398 e. The van der Waals surface area contributed by atoms with Crippen molar-refractivity contribution in [1.82, 2.24) is 19.5 Å². The third-order valence-corrected chi connectivity index (χ3v) is 6.49. The lowest BCUT2D eigenvalue weighted by Gasteiger charge is -2.33. The van der Waals surface area contributed by atoms with Crippen LogP contribution in [0.1, 0.15) is 30.1 Å². The number of amides is 2. The van der Waals surface area contributed by atoms with Gasteiger partial charge in [0.1, 0.15) is 13.7 Å². The number of rotatable bonds is 5. The van der Waals surface area contributed by atoms with Crippen LogP contribution < -0.4 is 21.8 Å². The van der Waals surface area contributed by atoms with Crippen LogP contribution >= 0.6 is 0 Å². The highest BCUT2D eigenvalue weighted by molar-refractivity contribution is 6.36. The highest BCUT2D eigenvalue weighted by Gasteiger charge is 2.26. The molecular weight excluding hydrogens is 453 g/mol. The minimum absolute atomic E-state index is 0.0753. The topological polar surface area (TPSA) is 118 Å². The van der Waals surface area contributed by atoms with E-state index in [4.69, 9.17) is 10.7 Å². The molecule has 1 aliphatic rings. The molecule has 4 N–H and O–H groups in total. The van der Waals surface area contributed by atoms with Gasteiger partial charge in [-0.3, -0.25) is 9.59 Å². The van der Waals surface area contributed by atoms with Crippen LogP contribution in [0.25, 0.3) is 16.9 Å². The Bertz CT molecular complexity index is 1440. The maximum absolute atomic E-state index is 13.2. The molecule has 1 fully saturated rings. The van der Waals surface area contributed by atoms with Crippen LogP contribution in [0.3, 0.4) is 0 Å². The van der Waals surface area contributed by atoms with Gasteiger partial charge >= 0.3 is 0 Å². The Kier molecular flexibility index (Phi) is 6.33. The molecule has 5 rings (SSSR count). The number of benzene rings is 2. The molecular formula is C26H28BN7O2. The molecule has 3 heterocycles. The monoisotopic (exact) mass is 481 g/mol. The van der Waals surface area contributed by atoms with E-state index in [9.17, 15) is 9.59 Å². The van der Waals surface area contributed by atoms with E-state index in [1.165, 1.54) is 6.92 Å². The summed E-state index contributed by atoms with van der Waals surface area (Å²) in [5.41, 5.74) is 11.4. The number of para-hydroxylation sites is 2. The molecule has 0 bridgehead atoms. The number of nitrogen functional groups attached to an aromatic ring is 1. The summed E-state index contributed by atoms with van der Waals surface area (Å²) in [5, 5.41) is 10.9. The second-order valence-electron chi connectivity index (χ2n) is 9.11. The molecule has 9 nitrogen and oxygen atoms in total. The SMILES string of the molecule is Bc1cnn2c(NC3CCN(C(=O)c4ccccc4NC(C)=O)CC3)cc(-c3ccccc3N)nc12. The Morgan fingerprint density at radius 1 is 1.08 bits per heavy atom. The summed E-state index contributed by atoms with van der Waals surface area (Å²) in [6.07, 6.45) is 3.36. The first kappa shape index (κ1) is 23.4. The van der Waals surface area contributed by atoms with Gasteiger partial charge in [-0.25, -0.2) is 4.98 Å². The summed E-state index contributed by atoms with van der Waals surface area (Å²) < 4.78 is 1.82. The molecule has 0 unspecified atom stereocenters. The Labute approximate surface area is 210 Å². The Hall–Kier alpha value is -4.34. The maximum atomic E-state index is 13.2. The number of piperidine rings is 1. The lowest BCUT2D eigenvalue weighted by atomic mass is 10.0. The molecule has 1 aliphatic heterocycles.